The average Bonchev–Trinajstić information content (AvgIpc) is 3.37. The second kappa shape index (κ2) is 7.07. The number of carbonyl (C=O) groups is 2. The second-order valence-corrected chi connectivity index (χ2v) is 7.09. The topological polar surface area (TPSA) is 57.6 Å². The van der Waals surface area contributed by atoms with Crippen molar-refractivity contribution in [3.63, 3.8) is 0 Å². The van der Waals surface area contributed by atoms with Crippen molar-refractivity contribution in [2.45, 2.75) is 30.6 Å². The van der Waals surface area contributed by atoms with Crippen LogP contribution in [0.5, 0.6) is 0 Å². The van der Waals surface area contributed by atoms with Crippen LogP contribution in [-0.2, 0) is 9.59 Å². The molecule has 2 fully saturated rings. The van der Waals surface area contributed by atoms with Crippen molar-refractivity contribution >= 4 is 24.4 Å². The van der Waals surface area contributed by atoms with Crippen molar-refractivity contribution in [1.29, 1.82) is 0 Å². The van der Waals surface area contributed by atoms with Crippen LogP contribution in [0.1, 0.15) is 30.9 Å². The average molecular weight is 349 g/mol. The van der Waals surface area contributed by atoms with Gasteiger partial charge in [-0.05, 0) is 42.5 Å². The summed E-state index contributed by atoms with van der Waals surface area (Å²) in [7, 11) is 0. The summed E-state index contributed by atoms with van der Waals surface area (Å²) < 4.78 is 13.2. The fourth-order valence-corrected chi connectivity index (χ4v) is 3.48. The van der Waals surface area contributed by atoms with E-state index in [1.807, 2.05) is 4.90 Å². The van der Waals surface area contributed by atoms with Crippen molar-refractivity contribution < 1.29 is 19.1 Å². The summed E-state index contributed by atoms with van der Waals surface area (Å²) >= 11 is 4.45. The van der Waals surface area contributed by atoms with Gasteiger partial charge in [-0.15, -0.1) is 0 Å². The van der Waals surface area contributed by atoms with Crippen molar-refractivity contribution in [2.24, 2.45) is 5.92 Å². The van der Waals surface area contributed by atoms with Crippen LogP contribution >= 0.6 is 12.6 Å². The Morgan fingerprint density at radius 2 is 1.92 bits per heavy atom. The number of likely N-dealkylation sites (tertiary alicyclic amines) is 1. The number of carboxylic acids is 1. The lowest BCUT2D eigenvalue weighted by molar-refractivity contribution is -0.131. The minimum absolute atomic E-state index is 0.0701. The van der Waals surface area contributed by atoms with Crippen LogP contribution < -0.4 is 0 Å². The van der Waals surface area contributed by atoms with Gasteiger partial charge in [0.25, 0.3) is 0 Å². The van der Waals surface area contributed by atoms with Crippen LogP contribution in [0.2, 0.25) is 0 Å². The third-order valence-electron chi connectivity index (χ3n) is 4.61. The van der Waals surface area contributed by atoms with Crippen LogP contribution in [0.4, 0.5) is 4.39 Å². The lowest BCUT2D eigenvalue weighted by atomic mass is 9.94. The first-order chi connectivity index (χ1) is 11.5. The van der Waals surface area contributed by atoms with E-state index in [1.54, 1.807) is 12.1 Å². The van der Waals surface area contributed by atoms with Crippen molar-refractivity contribution in [1.82, 2.24) is 4.90 Å². The minimum Gasteiger partial charge on any atom is -0.478 e. The Hall–Kier alpha value is -1.66. The lowest BCUT2D eigenvalue weighted by Gasteiger charge is -2.37. The molecule has 1 saturated carbocycles. The number of carboxylic acid groups (broad SMARTS) is 1. The Balaban J connectivity index is 1.89. The number of rotatable bonds is 5. The summed E-state index contributed by atoms with van der Waals surface area (Å²) in [5.74, 6) is -1.12. The van der Waals surface area contributed by atoms with Gasteiger partial charge in [-0.3, -0.25) is 9.69 Å². The third kappa shape index (κ3) is 3.87. The largest absolute Gasteiger partial charge is 0.478 e. The molecule has 2 atom stereocenters. The van der Waals surface area contributed by atoms with Gasteiger partial charge in [-0.25, -0.2) is 9.18 Å². The van der Waals surface area contributed by atoms with E-state index in [1.165, 1.54) is 18.2 Å². The van der Waals surface area contributed by atoms with E-state index in [0.717, 1.165) is 18.4 Å². The molecule has 1 aromatic rings. The molecule has 0 amide bonds. The van der Waals surface area contributed by atoms with E-state index < -0.39 is 12.0 Å². The summed E-state index contributed by atoms with van der Waals surface area (Å²) in [6.45, 7) is 1.05. The Bertz CT molecular complexity index is 669. The molecular weight excluding hydrogens is 329 g/mol. The molecule has 1 N–H and O–H groups in total. The van der Waals surface area contributed by atoms with Crippen molar-refractivity contribution in [2.75, 3.05) is 13.1 Å². The standard InChI is InChI=1S/C18H20FNO3S/c19-14-5-3-11(4-6-14)17(18(23)12-1-2-12)20-8-7-15(24)13(10-20)9-16(21)22/h3-6,9,12,15,17,24H,1-2,7-8,10H2,(H,21,22)/b13-9+/t15-,17+/m0/s1. The number of thiol groups is 1. The third-order valence-corrected chi connectivity index (χ3v) is 5.20. The summed E-state index contributed by atoms with van der Waals surface area (Å²) in [6.07, 6.45) is 3.67. The number of carbonyl (C=O) groups excluding carboxylic acids is 1. The maximum atomic E-state index is 13.2. The zero-order valence-electron chi connectivity index (χ0n) is 13.2. The monoisotopic (exact) mass is 349 g/mol. The summed E-state index contributed by atoms with van der Waals surface area (Å²) in [6, 6.07) is 5.57. The van der Waals surface area contributed by atoms with Gasteiger partial charge in [0.2, 0.25) is 0 Å². The van der Waals surface area contributed by atoms with E-state index in [2.05, 4.69) is 12.6 Å². The molecule has 1 aliphatic heterocycles. The van der Waals surface area contributed by atoms with Gasteiger partial charge in [-0.2, -0.15) is 12.6 Å². The molecule has 0 aromatic heterocycles. The quantitative estimate of drug-likeness (QED) is 0.634. The molecule has 128 valence electrons. The van der Waals surface area contributed by atoms with E-state index in [4.69, 9.17) is 5.11 Å². The zero-order chi connectivity index (χ0) is 17.3. The first-order valence-corrected chi connectivity index (χ1v) is 8.62. The van der Waals surface area contributed by atoms with Gasteiger partial charge in [0, 0.05) is 30.3 Å². The number of benzene rings is 1. The predicted molar refractivity (Wildman–Crippen MR) is 91.6 cm³/mol. The molecule has 0 spiro atoms. The minimum atomic E-state index is -1.00. The predicted octanol–water partition coefficient (Wildman–Crippen LogP) is 2.86. The van der Waals surface area contributed by atoms with Gasteiger partial charge in [0.05, 0.1) is 6.04 Å². The van der Waals surface area contributed by atoms with Gasteiger partial charge < -0.3 is 5.11 Å². The van der Waals surface area contributed by atoms with Gasteiger partial charge in [0.1, 0.15) is 5.82 Å². The normalized spacial score (nSPS) is 24.8. The highest BCUT2D eigenvalue weighted by atomic mass is 32.1. The number of Topliss-reactive ketones (excluding diaryl/α,β-unsaturated/α-hetero) is 1. The Morgan fingerprint density at radius 1 is 1.25 bits per heavy atom. The number of ketones is 1. The van der Waals surface area contributed by atoms with Crippen LogP contribution in [0.3, 0.4) is 0 Å². The maximum Gasteiger partial charge on any atom is 0.328 e. The second-order valence-electron chi connectivity index (χ2n) is 6.46. The highest BCUT2D eigenvalue weighted by Gasteiger charge is 2.39. The Kier molecular flexibility index (Phi) is 5.06. The molecule has 1 aromatic carbocycles. The van der Waals surface area contributed by atoms with Gasteiger partial charge in [-0.1, -0.05) is 12.1 Å². The Labute approximate surface area is 145 Å². The van der Waals surface area contributed by atoms with E-state index in [-0.39, 0.29) is 22.8 Å². The lowest BCUT2D eigenvalue weighted by Crippen LogP contribution is -2.42. The van der Waals surface area contributed by atoms with Crippen LogP contribution in [-0.4, -0.2) is 40.1 Å². The smallest absolute Gasteiger partial charge is 0.328 e. The molecule has 4 nitrogen and oxygen atoms in total. The molecule has 24 heavy (non-hydrogen) atoms. The van der Waals surface area contributed by atoms with Crippen molar-refractivity contribution in [3.05, 3.63) is 47.3 Å². The molecule has 6 heteroatoms. The first kappa shape index (κ1) is 17.2. The van der Waals surface area contributed by atoms with Crippen molar-refractivity contribution in [3.8, 4) is 0 Å². The molecule has 1 aliphatic carbocycles. The number of piperidine rings is 1. The fourth-order valence-electron chi connectivity index (χ4n) is 3.20. The van der Waals surface area contributed by atoms with E-state index in [0.29, 0.717) is 25.1 Å². The first-order valence-electron chi connectivity index (χ1n) is 8.10. The molecule has 1 heterocycles. The van der Waals surface area contributed by atoms with Gasteiger partial charge in [0.15, 0.2) is 5.78 Å². The fraction of sp³-hybridized carbons (Fsp3) is 0.444. The summed E-state index contributed by atoms with van der Waals surface area (Å²) in [4.78, 5) is 25.8. The molecule has 0 unspecified atom stereocenters. The molecular formula is C18H20FNO3S. The molecule has 3 rings (SSSR count). The molecule has 1 saturated heterocycles. The highest BCUT2D eigenvalue weighted by Crippen LogP contribution is 2.38. The van der Waals surface area contributed by atoms with Crippen LogP contribution in [0.15, 0.2) is 35.9 Å². The summed E-state index contributed by atoms with van der Waals surface area (Å²) in [5.41, 5.74) is 1.47. The SMILES string of the molecule is O=C(O)/C=C1\CN([C@@H](C(=O)C2CC2)c2ccc(F)cc2)CC[C@@H]1S. The Morgan fingerprint density at radius 3 is 2.50 bits per heavy atom. The van der Waals surface area contributed by atoms with Crippen LogP contribution in [0.25, 0.3) is 0 Å². The number of nitrogens with zero attached hydrogens (tertiary/aromatic N) is 1. The summed E-state index contributed by atoms with van der Waals surface area (Å²) in [5, 5.41) is 8.92. The maximum absolute atomic E-state index is 13.2. The number of hydrogen-bond donors (Lipinski definition) is 2. The number of aliphatic carboxylic acids is 1. The van der Waals surface area contributed by atoms with Gasteiger partial charge >= 0.3 is 5.97 Å². The number of halogens is 1. The molecule has 2 aliphatic rings. The van der Waals surface area contributed by atoms with Crippen LogP contribution in [0, 0.1) is 11.7 Å². The molecule has 0 bridgehead atoms. The van der Waals surface area contributed by atoms with E-state index in [9.17, 15) is 14.0 Å². The van der Waals surface area contributed by atoms with E-state index >= 15 is 0 Å². The molecule has 0 radical (unpaired) electrons. The zero-order valence-corrected chi connectivity index (χ0v) is 14.1. The highest BCUT2D eigenvalue weighted by molar-refractivity contribution is 7.81. The number of hydrogen-bond acceptors (Lipinski definition) is 4.